The Morgan fingerprint density at radius 3 is 2.82 bits per heavy atom. The molecule has 0 fully saturated rings. The Labute approximate surface area is 69.6 Å². The van der Waals surface area contributed by atoms with Crippen LogP contribution >= 0.6 is 11.8 Å². The van der Waals surface area contributed by atoms with Crippen LogP contribution < -0.4 is 5.73 Å². The molecule has 0 bridgehead atoms. The van der Waals surface area contributed by atoms with Crippen molar-refractivity contribution in [2.75, 3.05) is 5.75 Å². The summed E-state index contributed by atoms with van der Waals surface area (Å²) in [5, 5.41) is 8.09. The van der Waals surface area contributed by atoms with Gasteiger partial charge in [-0.05, 0) is 6.92 Å². The van der Waals surface area contributed by atoms with E-state index >= 15 is 0 Å². The van der Waals surface area contributed by atoms with Gasteiger partial charge in [0, 0.05) is 18.7 Å². The summed E-state index contributed by atoms with van der Waals surface area (Å²) in [6.07, 6.45) is 0. The third kappa shape index (κ3) is 2.90. The molecule has 0 radical (unpaired) electrons. The molecule has 2 N–H and O–H groups in total. The third-order valence-electron chi connectivity index (χ3n) is 0.977. The maximum absolute atomic E-state index is 5.54. The van der Waals surface area contributed by atoms with E-state index in [1.165, 1.54) is 11.8 Å². The average molecular weight is 173 g/mol. The summed E-state index contributed by atoms with van der Waals surface area (Å²) in [6, 6.07) is 0.159. The van der Waals surface area contributed by atoms with Crippen LogP contribution in [-0.2, 0) is 0 Å². The van der Waals surface area contributed by atoms with Gasteiger partial charge in [0.15, 0.2) is 0 Å². The second kappa shape index (κ2) is 3.73. The van der Waals surface area contributed by atoms with Gasteiger partial charge in [0.2, 0.25) is 5.89 Å². The first kappa shape index (κ1) is 8.55. The standard InChI is InChI=1S/C6H11N3OS/c1-4(7)3-11-6-9-8-5(2)10-6/h4H,3,7H2,1-2H3/t4-/m0/s1. The van der Waals surface area contributed by atoms with Gasteiger partial charge < -0.3 is 10.2 Å². The van der Waals surface area contributed by atoms with Gasteiger partial charge in [-0.15, -0.1) is 10.2 Å². The van der Waals surface area contributed by atoms with Crippen molar-refractivity contribution in [3.63, 3.8) is 0 Å². The van der Waals surface area contributed by atoms with Gasteiger partial charge in [-0.2, -0.15) is 0 Å². The van der Waals surface area contributed by atoms with Crippen molar-refractivity contribution < 1.29 is 4.42 Å². The number of thioether (sulfide) groups is 1. The van der Waals surface area contributed by atoms with Gasteiger partial charge >= 0.3 is 0 Å². The zero-order chi connectivity index (χ0) is 8.27. The first-order valence-electron chi connectivity index (χ1n) is 3.37. The van der Waals surface area contributed by atoms with Crippen LogP contribution in [0.1, 0.15) is 12.8 Å². The molecule has 0 saturated heterocycles. The number of nitrogens with zero attached hydrogens (tertiary/aromatic N) is 2. The van der Waals surface area contributed by atoms with E-state index in [1.807, 2.05) is 6.92 Å². The molecule has 11 heavy (non-hydrogen) atoms. The maximum atomic E-state index is 5.54. The smallest absolute Gasteiger partial charge is 0.276 e. The van der Waals surface area contributed by atoms with Crippen molar-refractivity contribution in [3.8, 4) is 0 Å². The molecule has 5 heteroatoms. The molecule has 0 unspecified atom stereocenters. The number of aromatic nitrogens is 2. The van der Waals surface area contributed by atoms with E-state index in [2.05, 4.69) is 10.2 Å². The van der Waals surface area contributed by atoms with Gasteiger partial charge in [0.1, 0.15) is 0 Å². The van der Waals surface area contributed by atoms with Crippen molar-refractivity contribution in [1.29, 1.82) is 0 Å². The minimum atomic E-state index is 0.159. The summed E-state index contributed by atoms with van der Waals surface area (Å²) >= 11 is 1.48. The molecule has 1 rings (SSSR count). The fourth-order valence-electron chi connectivity index (χ4n) is 0.539. The molecule has 1 aromatic heterocycles. The average Bonchev–Trinajstić information content (AvgIpc) is 2.31. The van der Waals surface area contributed by atoms with Crippen LogP contribution in [0.2, 0.25) is 0 Å². The van der Waals surface area contributed by atoms with Crippen LogP contribution in [0.15, 0.2) is 9.64 Å². The van der Waals surface area contributed by atoms with E-state index in [0.717, 1.165) is 5.75 Å². The Balaban J connectivity index is 2.39. The fourth-order valence-corrected chi connectivity index (χ4v) is 1.22. The molecule has 4 nitrogen and oxygen atoms in total. The van der Waals surface area contributed by atoms with E-state index in [4.69, 9.17) is 10.2 Å². The second-order valence-corrected chi connectivity index (χ2v) is 3.35. The van der Waals surface area contributed by atoms with Crippen LogP contribution in [0.5, 0.6) is 0 Å². The number of hydrogen-bond acceptors (Lipinski definition) is 5. The molecule has 0 aliphatic rings. The first-order valence-corrected chi connectivity index (χ1v) is 4.35. The molecule has 0 saturated carbocycles. The number of nitrogens with two attached hydrogens (primary N) is 1. The Morgan fingerprint density at radius 1 is 1.64 bits per heavy atom. The molecule has 1 atom stereocenters. The van der Waals surface area contributed by atoms with E-state index in [1.54, 1.807) is 6.92 Å². The number of hydrogen-bond donors (Lipinski definition) is 1. The second-order valence-electron chi connectivity index (χ2n) is 2.38. The minimum Gasteiger partial charge on any atom is -0.416 e. The van der Waals surface area contributed by atoms with Crippen LogP contribution in [0.4, 0.5) is 0 Å². The number of aryl methyl sites for hydroxylation is 1. The molecule has 0 aromatic carbocycles. The quantitative estimate of drug-likeness (QED) is 0.685. The zero-order valence-electron chi connectivity index (χ0n) is 6.57. The van der Waals surface area contributed by atoms with Crippen LogP contribution in [0.25, 0.3) is 0 Å². The topological polar surface area (TPSA) is 64.9 Å². The minimum absolute atomic E-state index is 0.159. The molecular weight excluding hydrogens is 162 g/mol. The molecule has 0 amide bonds. The monoisotopic (exact) mass is 173 g/mol. The Bertz CT molecular complexity index is 223. The summed E-state index contributed by atoms with van der Waals surface area (Å²) in [6.45, 7) is 3.71. The van der Waals surface area contributed by atoms with Crippen molar-refractivity contribution in [2.24, 2.45) is 5.73 Å². The van der Waals surface area contributed by atoms with Crippen LogP contribution in [0.3, 0.4) is 0 Å². The lowest BCUT2D eigenvalue weighted by Crippen LogP contribution is -2.17. The summed E-state index contributed by atoms with van der Waals surface area (Å²) in [4.78, 5) is 0. The lowest BCUT2D eigenvalue weighted by atomic mass is 10.4. The van der Waals surface area contributed by atoms with E-state index < -0.39 is 0 Å². The van der Waals surface area contributed by atoms with Crippen LogP contribution in [-0.4, -0.2) is 22.0 Å². The lowest BCUT2D eigenvalue weighted by molar-refractivity contribution is 0.429. The third-order valence-corrected chi connectivity index (χ3v) is 2.08. The van der Waals surface area contributed by atoms with Gasteiger partial charge in [-0.3, -0.25) is 0 Å². The highest BCUT2D eigenvalue weighted by Crippen LogP contribution is 2.15. The summed E-state index contributed by atoms with van der Waals surface area (Å²) in [7, 11) is 0. The normalized spacial score (nSPS) is 13.4. The Morgan fingerprint density at radius 2 is 2.36 bits per heavy atom. The SMILES string of the molecule is Cc1nnc(SC[C@H](C)N)o1. The Kier molecular flexibility index (Phi) is 2.90. The van der Waals surface area contributed by atoms with Crippen LogP contribution in [0, 0.1) is 6.92 Å². The summed E-state index contributed by atoms with van der Waals surface area (Å²) in [5.74, 6) is 1.40. The lowest BCUT2D eigenvalue weighted by Gasteiger charge is -1.98. The highest BCUT2D eigenvalue weighted by molar-refractivity contribution is 7.99. The fraction of sp³-hybridized carbons (Fsp3) is 0.667. The predicted molar refractivity (Wildman–Crippen MR) is 43.4 cm³/mol. The van der Waals surface area contributed by atoms with E-state index in [-0.39, 0.29) is 6.04 Å². The van der Waals surface area contributed by atoms with Crippen molar-refractivity contribution in [2.45, 2.75) is 25.1 Å². The van der Waals surface area contributed by atoms with Gasteiger partial charge in [-0.25, -0.2) is 0 Å². The van der Waals surface area contributed by atoms with E-state index in [0.29, 0.717) is 11.1 Å². The molecular formula is C6H11N3OS. The highest BCUT2D eigenvalue weighted by Gasteiger charge is 2.03. The summed E-state index contributed by atoms with van der Waals surface area (Å²) < 4.78 is 5.12. The van der Waals surface area contributed by atoms with Crippen molar-refractivity contribution >= 4 is 11.8 Å². The van der Waals surface area contributed by atoms with Crippen molar-refractivity contribution in [1.82, 2.24) is 10.2 Å². The number of rotatable bonds is 3. The largest absolute Gasteiger partial charge is 0.416 e. The van der Waals surface area contributed by atoms with Crippen molar-refractivity contribution in [3.05, 3.63) is 5.89 Å². The molecule has 62 valence electrons. The molecule has 1 aromatic rings. The molecule has 0 aliphatic heterocycles. The van der Waals surface area contributed by atoms with Gasteiger partial charge in [0.25, 0.3) is 5.22 Å². The molecule has 0 spiro atoms. The van der Waals surface area contributed by atoms with E-state index in [9.17, 15) is 0 Å². The maximum Gasteiger partial charge on any atom is 0.276 e. The predicted octanol–water partition coefficient (Wildman–Crippen LogP) is 0.817. The summed E-state index contributed by atoms with van der Waals surface area (Å²) in [5.41, 5.74) is 5.54. The van der Waals surface area contributed by atoms with Gasteiger partial charge in [-0.1, -0.05) is 11.8 Å². The first-order chi connectivity index (χ1) is 5.18. The van der Waals surface area contributed by atoms with Gasteiger partial charge in [0.05, 0.1) is 0 Å². The molecule has 1 heterocycles. The zero-order valence-corrected chi connectivity index (χ0v) is 7.39. The Hall–Kier alpha value is -0.550. The molecule has 0 aliphatic carbocycles. The highest BCUT2D eigenvalue weighted by atomic mass is 32.2.